The van der Waals surface area contributed by atoms with Gasteiger partial charge >= 0.3 is 0 Å². The normalized spacial score (nSPS) is 11.3. The first-order chi connectivity index (χ1) is 29.7. The molecule has 0 saturated heterocycles. The first kappa shape index (κ1) is 35.2. The van der Waals surface area contributed by atoms with Crippen molar-refractivity contribution in [2.75, 3.05) is 0 Å². The summed E-state index contributed by atoms with van der Waals surface area (Å²) in [5.41, 5.74) is 12.2. The van der Waals surface area contributed by atoms with Crippen molar-refractivity contribution in [3.63, 3.8) is 0 Å². The van der Waals surface area contributed by atoms with E-state index in [1.165, 1.54) is 44.2 Å². The molecule has 1 aromatic heterocycles. The lowest BCUT2D eigenvalue weighted by Crippen LogP contribution is -2.01. The summed E-state index contributed by atoms with van der Waals surface area (Å²) in [6.07, 6.45) is 0. The molecule has 0 unspecified atom stereocenters. The van der Waals surface area contributed by atoms with E-state index >= 15 is 0 Å². The minimum absolute atomic E-state index is 0.625. The molecule has 0 aliphatic carbocycles. The standard InChI is InChI=1S/C57H37N3/c1-3-13-38(14-4-1)39-27-29-40(30-28-39)43-19-9-20-47(36-43)55-58-56(60-57(59-55)54-26-12-24-52-50(23-11-25-53(52)54)41-15-5-2-6-16-41)48-34-32-44-35-46(33-31-45(44)37-48)51-22-10-18-42-17-7-8-21-49(42)51/h1-37H. The molecule has 3 nitrogen and oxygen atoms in total. The van der Waals surface area contributed by atoms with Crippen LogP contribution >= 0.6 is 0 Å². The van der Waals surface area contributed by atoms with Crippen molar-refractivity contribution in [1.29, 1.82) is 0 Å². The molecule has 0 N–H and O–H groups in total. The molecule has 0 aliphatic heterocycles. The number of rotatable bonds is 7. The summed E-state index contributed by atoms with van der Waals surface area (Å²) < 4.78 is 0. The molecule has 3 heteroatoms. The van der Waals surface area contributed by atoms with Crippen molar-refractivity contribution >= 4 is 32.3 Å². The highest BCUT2D eigenvalue weighted by Crippen LogP contribution is 2.37. The quantitative estimate of drug-likeness (QED) is 0.162. The Hall–Kier alpha value is -8.01. The number of benzene rings is 10. The maximum absolute atomic E-state index is 5.25. The van der Waals surface area contributed by atoms with Crippen LogP contribution in [0.4, 0.5) is 0 Å². The van der Waals surface area contributed by atoms with E-state index in [2.05, 4.69) is 218 Å². The van der Waals surface area contributed by atoms with Crippen LogP contribution in [-0.2, 0) is 0 Å². The monoisotopic (exact) mass is 763 g/mol. The minimum atomic E-state index is 0.625. The van der Waals surface area contributed by atoms with Crippen molar-refractivity contribution in [2.45, 2.75) is 0 Å². The minimum Gasteiger partial charge on any atom is -0.208 e. The molecule has 1 heterocycles. The average molecular weight is 764 g/mol. The molecule has 0 aliphatic rings. The van der Waals surface area contributed by atoms with Gasteiger partial charge in [-0.05, 0) is 95.0 Å². The van der Waals surface area contributed by atoms with Gasteiger partial charge < -0.3 is 0 Å². The topological polar surface area (TPSA) is 38.7 Å². The van der Waals surface area contributed by atoms with Crippen molar-refractivity contribution in [3.05, 3.63) is 224 Å². The molecule has 10 aromatic carbocycles. The average Bonchev–Trinajstić information content (AvgIpc) is 3.33. The summed E-state index contributed by atoms with van der Waals surface area (Å²) in [7, 11) is 0. The molecule has 0 atom stereocenters. The van der Waals surface area contributed by atoms with E-state index in [0.29, 0.717) is 17.5 Å². The summed E-state index contributed by atoms with van der Waals surface area (Å²) in [6, 6.07) is 79.5. The lowest BCUT2D eigenvalue weighted by molar-refractivity contribution is 1.08. The summed E-state index contributed by atoms with van der Waals surface area (Å²) in [5.74, 6) is 1.89. The summed E-state index contributed by atoms with van der Waals surface area (Å²) in [4.78, 5) is 15.7. The number of aromatic nitrogens is 3. The molecule has 11 aromatic rings. The predicted octanol–water partition coefficient (Wildman–Crippen LogP) is 15.0. The Morgan fingerprint density at radius 1 is 0.200 bits per heavy atom. The zero-order valence-electron chi connectivity index (χ0n) is 32.7. The molecule has 0 radical (unpaired) electrons. The van der Waals surface area contributed by atoms with Crippen LogP contribution in [0.1, 0.15) is 0 Å². The molecule has 0 spiro atoms. The van der Waals surface area contributed by atoms with E-state index < -0.39 is 0 Å². The Morgan fingerprint density at radius 3 is 1.35 bits per heavy atom. The Labute approximate surface area is 349 Å². The Morgan fingerprint density at radius 2 is 0.617 bits per heavy atom. The Balaban J connectivity index is 1.04. The van der Waals surface area contributed by atoms with Crippen LogP contribution in [0.15, 0.2) is 224 Å². The predicted molar refractivity (Wildman–Crippen MR) is 250 cm³/mol. The zero-order chi connectivity index (χ0) is 39.8. The first-order valence-corrected chi connectivity index (χ1v) is 20.3. The molecular formula is C57H37N3. The third-order valence-electron chi connectivity index (χ3n) is 11.5. The first-order valence-electron chi connectivity index (χ1n) is 20.3. The largest absolute Gasteiger partial charge is 0.208 e. The van der Waals surface area contributed by atoms with Gasteiger partial charge in [0.15, 0.2) is 17.5 Å². The van der Waals surface area contributed by atoms with Gasteiger partial charge in [-0.1, -0.05) is 206 Å². The molecule has 0 saturated carbocycles. The van der Waals surface area contributed by atoms with E-state index in [-0.39, 0.29) is 0 Å². The molecule has 60 heavy (non-hydrogen) atoms. The molecule has 0 fully saturated rings. The van der Waals surface area contributed by atoms with Gasteiger partial charge in [0.2, 0.25) is 0 Å². The number of fused-ring (bicyclic) bond motifs is 3. The fourth-order valence-electron chi connectivity index (χ4n) is 8.48. The SMILES string of the molecule is c1ccc(-c2ccc(-c3cccc(-c4nc(-c5ccc6cc(-c7cccc8ccccc78)ccc6c5)nc(-c5cccc6c(-c7ccccc7)cccc56)n4)c3)cc2)cc1. The second-order valence-corrected chi connectivity index (χ2v) is 15.2. The van der Waals surface area contributed by atoms with E-state index in [4.69, 9.17) is 15.0 Å². The van der Waals surface area contributed by atoms with Crippen molar-refractivity contribution in [3.8, 4) is 78.7 Å². The lowest BCUT2D eigenvalue weighted by Gasteiger charge is -2.13. The molecule has 0 bridgehead atoms. The smallest absolute Gasteiger partial charge is 0.164 e. The van der Waals surface area contributed by atoms with Gasteiger partial charge in [0.1, 0.15) is 0 Å². The number of hydrogen-bond donors (Lipinski definition) is 0. The number of hydrogen-bond acceptors (Lipinski definition) is 3. The van der Waals surface area contributed by atoms with Crippen LogP contribution in [0.3, 0.4) is 0 Å². The highest BCUT2D eigenvalue weighted by Gasteiger charge is 2.17. The summed E-state index contributed by atoms with van der Waals surface area (Å²) in [5, 5.41) is 7.01. The third-order valence-corrected chi connectivity index (χ3v) is 11.5. The zero-order valence-corrected chi connectivity index (χ0v) is 32.7. The lowest BCUT2D eigenvalue weighted by atomic mass is 9.95. The van der Waals surface area contributed by atoms with Crippen LogP contribution < -0.4 is 0 Å². The second kappa shape index (κ2) is 15.1. The van der Waals surface area contributed by atoms with Gasteiger partial charge in [-0.15, -0.1) is 0 Å². The van der Waals surface area contributed by atoms with Gasteiger partial charge in [-0.25, -0.2) is 15.0 Å². The van der Waals surface area contributed by atoms with Gasteiger partial charge in [-0.2, -0.15) is 0 Å². The van der Waals surface area contributed by atoms with Gasteiger partial charge in [-0.3, -0.25) is 0 Å². The van der Waals surface area contributed by atoms with Crippen LogP contribution in [0.2, 0.25) is 0 Å². The highest BCUT2D eigenvalue weighted by atomic mass is 15.0. The molecule has 11 rings (SSSR count). The van der Waals surface area contributed by atoms with E-state index in [1.807, 2.05) is 6.07 Å². The van der Waals surface area contributed by atoms with Gasteiger partial charge in [0.05, 0.1) is 0 Å². The second-order valence-electron chi connectivity index (χ2n) is 15.2. The van der Waals surface area contributed by atoms with Crippen LogP contribution in [0.5, 0.6) is 0 Å². The Kier molecular flexibility index (Phi) is 8.83. The fourth-order valence-corrected chi connectivity index (χ4v) is 8.48. The van der Waals surface area contributed by atoms with E-state index in [9.17, 15) is 0 Å². The summed E-state index contributed by atoms with van der Waals surface area (Å²) >= 11 is 0. The Bertz CT molecular complexity index is 3350. The molecular weight excluding hydrogens is 727 g/mol. The maximum Gasteiger partial charge on any atom is 0.164 e. The van der Waals surface area contributed by atoms with Crippen LogP contribution in [0, 0.1) is 0 Å². The van der Waals surface area contributed by atoms with Crippen LogP contribution in [0.25, 0.3) is 111 Å². The maximum atomic E-state index is 5.25. The molecule has 0 amide bonds. The fraction of sp³-hybridized carbons (Fsp3) is 0. The van der Waals surface area contributed by atoms with Crippen molar-refractivity contribution < 1.29 is 0 Å². The third kappa shape index (κ3) is 6.58. The van der Waals surface area contributed by atoms with Gasteiger partial charge in [0, 0.05) is 16.7 Å². The summed E-state index contributed by atoms with van der Waals surface area (Å²) in [6.45, 7) is 0. The highest BCUT2D eigenvalue weighted by molar-refractivity contribution is 6.04. The van der Waals surface area contributed by atoms with E-state index in [1.54, 1.807) is 0 Å². The van der Waals surface area contributed by atoms with Crippen LogP contribution in [-0.4, -0.2) is 15.0 Å². The number of nitrogens with zero attached hydrogens (tertiary/aromatic N) is 3. The molecule has 280 valence electrons. The van der Waals surface area contributed by atoms with Crippen molar-refractivity contribution in [2.24, 2.45) is 0 Å². The van der Waals surface area contributed by atoms with E-state index in [0.717, 1.165) is 49.4 Å². The van der Waals surface area contributed by atoms with Crippen molar-refractivity contribution in [1.82, 2.24) is 15.0 Å². The van der Waals surface area contributed by atoms with Gasteiger partial charge in [0.25, 0.3) is 0 Å².